The Morgan fingerprint density at radius 3 is 2.81 bits per heavy atom. The zero-order chi connectivity index (χ0) is 25.7. The van der Waals surface area contributed by atoms with Crippen molar-refractivity contribution >= 4 is 34.8 Å². The van der Waals surface area contributed by atoms with Gasteiger partial charge in [-0.1, -0.05) is 13.0 Å². The number of benzene rings is 1. The summed E-state index contributed by atoms with van der Waals surface area (Å²) in [7, 11) is 1.54. The second kappa shape index (κ2) is 8.77. The minimum absolute atomic E-state index is 0.0942. The topological polar surface area (TPSA) is 129 Å². The van der Waals surface area contributed by atoms with E-state index < -0.39 is 17.5 Å². The van der Waals surface area contributed by atoms with E-state index in [-0.39, 0.29) is 18.2 Å². The first-order valence-corrected chi connectivity index (χ1v) is 12.4. The van der Waals surface area contributed by atoms with E-state index in [9.17, 15) is 14.4 Å². The molecule has 37 heavy (non-hydrogen) atoms. The number of imide groups is 1. The molecule has 1 aromatic carbocycles. The van der Waals surface area contributed by atoms with Crippen molar-refractivity contribution in [1.82, 2.24) is 25.8 Å². The molecule has 3 aromatic rings. The first-order valence-electron chi connectivity index (χ1n) is 12.4. The van der Waals surface area contributed by atoms with Crippen molar-refractivity contribution in [3.8, 4) is 5.75 Å². The number of pyridine rings is 1. The molecule has 3 aliphatic heterocycles. The van der Waals surface area contributed by atoms with E-state index in [4.69, 9.17) is 14.1 Å². The summed E-state index contributed by atoms with van der Waals surface area (Å²) in [4.78, 5) is 47.3. The Morgan fingerprint density at radius 1 is 1.19 bits per heavy atom. The summed E-state index contributed by atoms with van der Waals surface area (Å²) in [5.74, 6) is 0.801. The van der Waals surface area contributed by atoms with Gasteiger partial charge in [-0.25, -0.2) is 9.78 Å². The number of furan rings is 1. The molecular formula is C26H28N6O5. The Kier molecular flexibility index (Phi) is 5.52. The average molecular weight is 505 g/mol. The SMILES string of the molecule is CC[C@@H]1CN(c2ccc3oc([C@]4(CN5Cc6ccc(OC)cc6C5=O)NC(=O)NC4=O)cc3n2)CCN1. The Bertz CT molecular complexity index is 1420. The van der Waals surface area contributed by atoms with E-state index in [2.05, 4.69) is 27.8 Å². The number of hydrogen-bond donors (Lipinski definition) is 3. The van der Waals surface area contributed by atoms with Gasteiger partial charge in [-0.2, -0.15) is 0 Å². The Hall–Kier alpha value is -4.12. The molecule has 0 spiro atoms. The second-order valence-electron chi connectivity index (χ2n) is 9.67. The molecule has 6 rings (SSSR count). The van der Waals surface area contributed by atoms with Crippen LogP contribution in [-0.2, 0) is 16.9 Å². The zero-order valence-corrected chi connectivity index (χ0v) is 20.7. The van der Waals surface area contributed by atoms with Crippen LogP contribution in [0.2, 0.25) is 0 Å². The fourth-order valence-corrected chi connectivity index (χ4v) is 5.34. The van der Waals surface area contributed by atoms with Crippen molar-refractivity contribution < 1.29 is 23.5 Å². The van der Waals surface area contributed by atoms with Gasteiger partial charge in [0.05, 0.1) is 13.7 Å². The minimum atomic E-state index is -1.58. The number of amides is 4. The first kappa shape index (κ1) is 23.3. The van der Waals surface area contributed by atoms with Crippen LogP contribution < -0.4 is 25.6 Å². The number of urea groups is 1. The van der Waals surface area contributed by atoms with Crippen LogP contribution in [0.15, 0.2) is 40.8 Å². The van der Waals surface area contributed by atoms with Gasteiger partial charge in [0.25, 0.3) is 11.8 Å². The summed E-state index contributed by atoms with van der Waals surface area (Å²) in [6, 6.07) is 10.5. The van der Waals surface area contributed by atoms with Gasteiger partial charge in [-0.05, 0) is 36.2 Å². The molecule has 192 valence electrons. The van der Waals surface area contributed by atoms with Gasteiger partial charge in [0.1, 0.15) is 22.8 Å². The van der Waals surface area contributed by atoms with Gasteiger partial charge in [-0.15, -0.1) is 0 Å². The number of ether oxygens (including phenoxy) is 1. The zero-order valence-electron chi connectivity index (χ0n) is 20.7. The number of aromatic nitrogens is 1. The number of carbonyl (C=O) groups is 3. The maximum absolute atomic E-state index is 13.2. The van der Waals surface area contributed by atoms with Crippen LogP contribution in [0, 0.1) is 0 Å². The molecule has 2 saturated heterocycles. The molecule has 4 amide bonds. The van der Waals surface area contributed by atoms with E-state index in [1.165, 1.54) is 12.0 Å². The molecule has 11 heteroatoms. The van der Waals surface area contributed by atoms with E-state index >= 15 is 0 Å². The molecule has 0 unspecified atom stereocenters. The van der Waals surface area contributed by atoms with Crippen LogP contribution in [0.3, 0.4) is 0 Å². The predicted octanol–water partition coefficient (Wildman–Crippen LogP) is 1.72. The van der Waals surface area contributed by atoms with Gasteiger partial charge >= 0.3 is 6.03 Å². The van der Waals surface area contributed by atoms with Crippen LogP contribution in [0.1, 0.15) is 35.0 Å². The minimum Gasteiger partial charge on any atom is -0.497 e. The number of anilines is 1. The van der Waals surface area contributed by atoms with Crippen LogP contribution >= 0.6 is 0 Å². The molecule has 0 radical (unpaired) electrons. The number of nitrogens with one attached hydrogen (secondary N) is 3. The lowest BCUT2D eigenvalue weighted by atomic mass is 9.95. The third-order valence-electron chi connectivity index (χ3n) is 7.42. The number of rotatable bonds is 6. The largest absolute Gasteiger partial charge is 0.497 e. The molecule has 0 aliphatic carbocycles. The summed E-state index contributed by atoms with van der Waals surface area (Å²) in [6.07, 6.45) is 1.03. The van der Waals surface area contributed by atoms with Crippen LogP contribution in [-0.4, -0.2) is 67.1 Å². The number of methoxy groups -OCH3 is 1. The van der Waals surface area contributed by atoms with Crippen LogP contribution in [0.25, 0.3) is 11.1 Å². The van der Waals surface area contributed by atoms with Crippen molar-refractivity contribution in [3.05, 3.63) is 53.3 Å². The molecule has 3 N–H and O–H groups in total. The van der Waals surface area contributed by atoms with Crippen molar-refractivity contribution in [2.75, 3.05) is 38.2 Å². The Morgan fingerprint density at radius 2 is 2.05 bits per heavy atom. The lowest BCUT2D eigenvalue weighted by molar-refractivity contribution is -0.125. The van der Waals surface area contributed by atoms with Crippen LogP contribution in [0.5, 0.6) is 5.75 Å². The van der Waals surface area contributed by atoms with Crippen molar-refractivity contribution in [1.29, 1.82) is 0 Å². The molecule has 2 aromatic heterocycles. The molecule has 5 heterocycles. The third kappa shape index (κ3) is 3.86. The highest BCUT2D eigenvalue weighted by Crippen LogP contribution is 2.35. The number of carbonyl (C=O) groups excluding carboxylic acids is 3. The average Bonchev–Trinajstić information content (AvgIpc) is 3.57. The smallest absolute Gasteiger partial charge is 0.322 e. The highest BCUT2D eigenvalue weighted by atomic mass is 16.5. The summed E-state index contributed by atoms with van der Waals surface area (Å²) >= 11 is 0. The Balaban J connectivity index is 1.33. The summed E-state index contributed by atoms with van der Waals surface area (Å²) in [5.41, 5.74) is 0.824. The highest BCUT2D eigenvalue weighted by Gasteiger charge is 2.53. The lowest BCUT2D eigenvalue weighted by Crippen LogP contribution is -2.52. The quantitative estimate of drug-likeness (QED) is 0.433. The second-order valence-corrected chi connectivity index (χ2v) is 9.67. The van der Waals surface area contributed by atoms with E-state index in [0.717, 1.165) is 37.4 Å². The van der Waals surface area contributed by atoms with E-state index in [1.54, 1.807) is 18.2 Å². The maximum Gasteiger partial charge on any atom is 0.322 e. The van der Waals surface area contributed by atoms with E-state index in [1.807, 2.05) is 18.2 Å². The predicted molar refractivity (Wildman–Crippen MR) is 134 cm³/mol. The number of fused-ring (bicyclic) bond motifs is 2. The Labute approximate surface area is 213 Å². The molecule has 0 saturated carbocycles. The first-order chi connectivity index (χ1) is 17.9. The fraction of sp³-hybridized carbons (Fsp3) is 0.385. The normalized spacial score (nSPS) is 23.4. The fourth-order valence-electron chi connectivity index (χ4n) is 5.34. The standard InChI is InChI=1S/C26H28N6O5/c1-3-16-13-31(9-8-27-16)22-7-6-20-19(28-22)11-21(37-20)26(24(34)29-25(35)30-26)14-32-12-15-4-5-17(36-2)10-18(15)23(32)33/h4-7,10-11,16,27H,3,8-9,12-14H2,1-2H3,(H2,29,30,34,35)/t16-,26+/m1/s1. The maximum atomic E-state index is 13.2. The molecule has 0 bridgehead atoms. The molecule has 2 atom stereocenters. The van der Waals surface area contributed by atoms with E-state index in [0.29, 0.717) is 35.0 Å². The third-order valence-corrected chi connectivity index (χ3v) is 7.42. The molecule has 2 fully saturated rings. The van der Waals surface area contributed by atoms with Gasteiger partial charge in [0.2, 0.25) is 0 Å². The van der Waals surface area contributed by atoms with Crippen molar-refractivity contribution in [2.24, 2.45) is 0 Å². The summed E-state index contributed by atoms with van der Waals surface area (Å²) < 4.78 is 11.3. The molecule has 11 nitrogen and oxygen atoms in total. The monoisotopic (exact) mass is 504 g/mol. The van der Waals surface area contributed by atoms with Gasteiger partial charge in [-0.3, -0.25) is 14.9 Å². The van der Waals surface area contributed by atoms with Gasteiger partial charge < -0.3 is 29.6 Å². The molecule has 3 aliphatic rings. The summed E-state index contributed by atoms with van der Waals surface area (Å²) in [5, 5.41) is 8.53. The van der Waals surface area contributed by atoms with Gasteiger partial charge in [0, 0.05) is 43.9 Å². The number of nitrogens with zero attached hydrogens (tertiary/aromatic N) is 3. The lowest BCUT2D eigenvalue weighted by Gasteiger charge is -2.34. The number of piperazine rings is 1. The van der Waals surface area contributed by atoms with Crippen LogP contribution in [0.4, 0.5) is 10.6 Å². The van der Waals surface area contributed by atoms with Gasteiger partial charge in [0.15, 0.2) is 11.1 Å². The summed E-state index contributed by atoms with van der Waals surface area (Å²) in [6.45, 7) is 4.92. The molecular weight excluding hydrogens is 476 g/mol. The van der Waals surface area contributed by atoms with Crippen molar-refractivity contribution in [3.63, 3.8) is 0 Å². The number of hydrogen-bond acceptors (Lipinski definition) is 8. The van der Waals surface area contributed by atoms with Crippen molar-refractivity contribution in [2.45, 2.75) is 31.5 Å². The highest BCUT2D eigenvalue weighted by molar-refractivity contribution is 6.08.